The molecule has 1 N–H and O–H groups in total. The molecule has 0 amide bonds. The molecule has 2 aliphatic rings. The van der Waals surface area contributed by atoms with Crippen LogP contribution in [-0.4, -0.2) is 6.04 Å². The number of allylic oxidation sites excluding steroid dienone is 1. The van der Waals surface area contributed by atoms with E-state index in [1.165, 1.54) is 6.07 Å². The van der Waals surface area contributed by atoms with Crippen molar-refractivity contribution in [2.45, 2.75) is 18.9 Å². The van der Waals surface area contributed by atoms with Gasteiger partial charge in [0, 0.05) is 12.0 Å². The van der Waals surface area contributed by atoms with Crippen LogP contribution in [0.3, 0.4) is 0 Å². The summed E-state index contributed by atoms with van der Waals surface area (Å²) in [5.74, 6) is -0.340. The summed E-state index contributed by atoms with van der Waals surface area (Å²) in [6, 6.07) is 4.52. The molecule has 0 bridgehead atoms. The SMILES string of the molecule is Fc1cccc(NC2CC3CC=CC32)c1F. The van der Waals surface area contributed by atoms with Crippen LogP contribution in [0.25, 0.3) is 0 Å². The van der Waals surface area contributed by atoms with Gasteiger partial charge in [0.25, 0.3) is 0 Å². The molecule has 0 saturated heterocycles. The van der Waals surface area contributed by atoms with Gasteiger partial charge >= 0.3 is 0 Å². The molecule has 1 aromatic carbocycles. The van der Waals surface area contributed by atoms with Crippen LogP contribution >= 0.6 is 0 Å². The zero-order valence-electron chi connectivity index (χ0n) is 8.79. The van der Waals surface area contributed by atoms with Crippen molar-refractivity contribution in [3.63, 3.8) is 0 Å². The van der Waals surface area contributed by atoms with Gasteiger partial charge in [0.2, 0.25) is 0 Å². The van der Waals surface area contributed by atoms with Crippen LogP contribution in [0.15, 0.2) is 30.4 Å². The Morgan fingerprint density at radius 1 is 1.25 bits per heavy atom. The molecule has 0 radical (unpaired) electrons. The minimum absolute atomic E-state index is 0.264. The molecule has 3 rings (SSSR count). The van der Waals surface area contributed by atoms with Crippen molar-refractivity contribution in [1.29, 1.82) is 0 Å². The summed E-state index contributed by atoms with van der Waals surface area (Å²) < 4.78 is 26.4. The van der Waals surface area contributed by atoms with E-state index >= 15 is 0 Å². The van der Waals surface area contributed by atoms with Crippen LogP contribution in [0.2, 0.25) is 0 Å². The molecule has 16 heavy (non-hydrogen) atoms. The molecule has 1 aromatic rings. The Morgan fingerprint density at radius 3 is 2.94 bits per heavy atom. The summed E-state index contributed by atoms with van der Waals surface area (Å²) in [5.41, 5.74) is 0.281. The van der Waals surface area contributed by atoms with E-state index in [0.717, 1.165) is 18.9 Å². The molecule has 3 heteroatoms. The molecule has 0 spiro atoms. The second-order valence-corrected chi connectivity index (χ2v) is 4.59. The van der Waals surface area contributed by atoms with Gasteiger partial charge in [-0.1, -0.05) is 18.2 Å². The second kappa shape index (κ2) is 3.58. The van der Waals surface area contributed by atoms with Crippen LogP contribution in [0.1, 0.15) is 12.8 Å². The maximum absolute atomic E-state index is 13.4. The lowest BCUT2D eigenvalue weighted by Gasteiger charge is -2.41. The summed E-state index contributed by atoms with van der Waals surface area (Å²) in [5, 5.41) is 3.09. The third-order valence-corrected chi connectivity index (χ3v) is 3.66. The Labute approximate surface area is 93.2 Å². The summed E-state index contributed by atoms with van der Waals surface area (Å²) in [7, 11) is 0. The second-order valence-electron chi connectivity index (χ2n) is 4.59. The number of benzene rings is 1. The third kappa shape index (κ3) is 1.42. The average molecular weight is 221 g/mol. The van der Waals surface area contributed by atoms with Crippen molar-refractivity contribution in [2.24, 2.45) is 11.8 Å². The highest BCUT2D eigenvalue weighted by atomic mass is 19.2. The van der Waals surface area contributed by atoms with Crippen molar-refractivity contribution < 1.29 is 8.78 Å². The van der Waals surface area contributed by atoms with Crippen molar-refractivity contribution in [3.8, 4) is 0 Å². The summed E-state index contributed by atoms with van der Waals surface area (Å²) in [4.78, 5) is 0. The third-order valence-electron chi connectivity index (χ3n) is 3.66. The van der Waals surface area contributed by atoms with Gasteiger partial charge in [-0.2, -0.15) is 0 Å². The van der Waals surface area contributed by atoms with E-state index in [1.54, 1.807) is 6.07 Å². The van der Waals surface area contributed by atoms with E-state index in [1.807, 2.05) is 0 Å². The Balaban J connectivity index is 1.75. The largest absolute Gasteiger partial charge is 0.379 e. The van der Waals surface area contributed by atoms with Crippen LogP contribution in [0, 0.1) is 23.5 Å². The predicted molar refractivity (Wildman–Crippen MR) is 59.1 cm³/mol. The minimum Gasteiger partial charge on any atom is -0.379 e. The van der Waals surface area contributed by atoms with Crippen molar-refractivity contribution in [2.75, 3.05) is 5.32 Å². The van der Waals surface area contributed by atoms with Crippen LogP contribution < -0.4 is 5.32 Å². The fourth-order valence-electron chi connectivity index (χ4n) is 2.70. The van der Waals surface area contributed by atoms with E-state index in [0.29, 0.717) is 11.8 Å². The molecule has 1 nitrogen and oxygen atoms in total. The molecule has 3 unspecified atom stereocenters. The molecule has 84 valence electrons. The molecular formula is C13H13F2N. The Morgan fingerprint density at radius 2 is 2.12 bits per heavy atom. The molecule has 0 aliphatic heterocycles. The number of nitrogens with one attached hydrogen (secondary N) is 1. The number of anilines is 1. The monoisotopic (exact) mass is 221 g/mol. The topological polar surface area (TPSA) is 12.0 Å². The first-order valence-electron chi connectivity index (χ1n) is 5.63. The zero-order chi connectivity index (χ0) is 11.1. The molecular weight excluding hydrogens is 208 g/mol. The molecule has 0 heterocycles. The quantitative estimate of drug-likeness (QED) is 0.755. The van der Waals surface area contributed by atoms with Crippen molar-refractivity contribution >= 4 is 5.69 Å². The molecule has 0 aromatic heterocycles. The van der Waals surface area contributed by atoms with Crippen LogP contribution in [0.4, 0.5) is 14.5 Å². The van der Waals surface area contributed by atoms with Crippen molar-refractivity contribution in [3.05, 3.63) is 42.0 Å². The van der Waals surface area contributed by atoms with Gasteiger partial charge in [0.05, 0.1) is 5.69 Å². The summed E-state index contributed by atoms with van der Waals surface area (Å²) in [6.45, 7) is 0. The number of fused-ring (bicyclic) bond motifs is 1. The van der Waals surface area contributed by atoms with E-state index in [-0.39, 0.29) is 11.7 Å². The minimum atomic E-state index is -0.789. The Kier molecular flexibility index (Phi) is 2.20. The first kappa shape index (κ1) is 9.82. The molecule has 3 atom stereocenters. The molecule has 2 aliphatic carbocycles. The fourth-order valence-corrected chi connectivity index (χ4v) is 2.70. The van der Waals surface area contributed by atoms with Crippen LogP contribution in [-0.2, 0) is 0 Å². The average Bonchev–Trinajstić information content (AvgIpc) is 2.62. The maximum Gasteiger partial charge on any atom is 0.181 e. The van der Waals surface area contributed by atoms with Crippen molar-refractivity contribution in [1.82, 2.24) is 0 Å². The van der Waals surface area contributed by atoms with Gasteiger partial charge in [0.15, 0.2) is 11.6 Å². The maximum atomic E-state index is 13.4. The van der Waals surface area contributed by atoms with E-state index < -0.39 is 11.6 Å². The van der Waals surface area contributed by atoms with Gasteiger partial charge in [-0.25, -0.2) is 8.78 Å². The lowest BCUT2D eigenvalue weighted by Crippen LogP contribution is -2.43. The first-order chi connectivity index (χ1) is 7.75. The Hall–Kier alpha value is -1.38. The summed E-state index contributed by atoms with van der Waals surface area (Å²) >= 11 is 0. The van der Waals surface area contributed by atoms with Gasteiger partial charge in [-0.15, -0.1) is 0 Å². The molecule has 1 saturated carbocycles. The number of halogens is 2. The number of hydrogen-bond donors (Lipinski definition) is 1. The van der Waals surface area contributed by atoms with E-state index in [9.17, 15) is 8.78 Å². The van der Waals surface area contributed by atoms with Gasteiger partial charge in [-0.3, -0.25) is 0 Å². The summed E-state index contributed by atoms with van der Waals surface area (Å²) in [6.07, 6.45) is 6.55. The van der Waals surface area contributed by atoms with Gasteiger partial charge < -0.3 is 5.32 Å². The lowest BCUT2D eigenvalue weighted by atomic mass is 9.71. The highest BCUT2D eigenvalue weighted by Crippen LogP contribution is 2.44. The standard InChI is InChI=1S/C13H13F2N/c14-10-5-2-6-11(13(10)15)16-12-7-8-3-1-4-9(8)12/h1-2,4-6,8-9,12,16H,3,7H2. The van der Waals surface area contributed by atoms with Gasteiger partial charge in [0.1, 0.15) is 0 Å². The fraction of sp³-hybridized carbons (Fsp3) is 0.385. The number of hydrogen-bond acceptors (Lipinski definition) is 1. The zero-order valence-corrected chi connectivity index (χ0v) is 8.79. The Bertz CT molecular complexity index is 442. The normalized spacial score (nSPS) is 31.0. The first-order valence-corrected chi connectivity index (χ1v) is 5.63. The number of rotatable bonds is 2. The lowest BCUT2D eigenvalue weighted by molar-refractivity contribution is 0.217. The van der Waals surface area contributed by atoms with E-state index in [2.05, 4.69) is 17.5 Å². The highest BCUT2D eigenvalue weighted by molar-refractivity contribution is 5.47. The predicted octanol–water partition coefficient (Wildman–Crippen LogP) is 3.34. The smallest absolute Gasteiger partial charge is 0.181 e. The highest BCUT2D eigenvalue weighted by Gasteiger charge is 2.41. The van der Waals surface area contributed by atoms with Gasteiger partial charge in [-0.05, 0) is 30.9 Å². The van der Waals surface area contributed by atoms with E-state index in [4.69, 9.17) is 0 Å². The molecule has 1 fully saturated rings. The van der Waals surface area contributed by atoms with Crippen LogP contribution in [0.5, 0.6) is 0 Å².